The van der Waals surface area contributed by atoms with Crippen molar-refractivity contribution in [1.29, 1.82) is 0 Å². The van der Waals surface area contributed by atoms with E-state index in [1.165, 1.54) is 13.4 Å². The molecule has 8 heteroatoms. The number of esters is 1. The molecule has 0 saturated carbocycles. The van der Waals surface area contributed by atoms with Crippen LogP contribution < -0.4 is 10.6 Å². The second kappa shape index (κ2) is 13.0. The van der Waals surface area contributed by atoms with Gasteiger partial charge in [0.1, 0.15) is 9.84 Å². The minimum Gasteiger partial charge on any atom is -0.469 e. The van der Waals surface area contributed by atoms with Gasteiger partial charge in [0.05, 0.1) is 12.9 Å². The van der Waals surface area contributed by atoms with Gasteiger partial charge in [0.15, 0.2) is 5.96 Å². The molecular formula is C16H33N3O4S. The van der Waals surface area contributed by atoms with E-state index in [4.69, 9.17) is 0 Å². The Hall–Kier alpha value is -1.31. The summed E-state index contributed by atoms with van der Waals surface area (Å²) < 4.78 is 27.0. The molecule has 0 radical (unpaired) electrons. The number of sulfone groups is 1. The van der Waals surface area contributed by atoms with Crippen LogP contribution in [0.3, 0.4) is 0 Å². The summed E-state index contributed by atoms with van der Waals surface area (Å²) in [4.78, 5) is 15.5. The summed E-state index contributed by atoms with van der Waals surface area (Å²) >= 11 is 0. The highest BCUT2D eigenvalue weighted by Crippen LogP contribution is 2.04. The summed E-state index contributed by atoms with van der Waals surface area (Å²) in [5, 5.41) is 6.39. The van der Waals surface area contributed by atoms with Crippen LogP contribution in [0, 0.1) is 0 Å². The van der Waals surface area contributed by atoms with Gasteiger partial charge in [0.2, 0.25) is 0 Å². The van der Waals surface area contributed by atoms with E-state index in [9.17, 15) is 13.2 Å². The molecule has 1 unspecified atom stereocenters. The Morgan fingerprint density at radius 3 is 2.46 bits per heavy atom. The summed E-state index contributed by atoms with van der Waals surface area (Å²) in [6.07, 6.45) is 6.08. The van der Waals surface area contributed by atoms with Gasteiger partial charge in [-0.3, -0.25) is 9.79 Å². The first-order valence-corrected chi connectivity index (χ1v) is 10.6. The Bertz CT molecular complexity index is 478. The lowest BCUT2D eigenvalue weighted by Gasteiger charge is -2.17. The van der Waals surface area contributed by atoms with E-state index < -0.39 is 9.84 Å². The monoisotopic (exact) mass is 363 g/mol. The van der Waals surface area contributed by atoms with Crippen molar-refractivity contribution < 1.29 is 17.9 Å². The summed E-state index contributed by atoms with van der Waals surface area (Å²) in [6, 6.07) is 0.0394. The van der Waals surface area contributed by atoms with Gasteiger partial charge in [0, 0.05) is 31.8 Å². The Kier molecular flexibility index (Phi) is 12.3. The molecule has 0 aliphatic heterocycles. The number of methoxy groups -OCH3 is 1. The van der Waals surface area contributed by atoms with Crippen molar-refractivity contribution in [3.63, 3.8) is 0 Å². The fourth-order valence-corrected chi connectivity index (χ4v) is 2.83. The molecule has 0 aliphatic carbocycles. The predicted molar refractivity (Wildman–Crippen MR) is 98.0 cm³/mol. The van der Waals surface area contributed by atoms with Crippen molar-refractivity contribution in [2.45, 2.75) is 58.4 Å². The molecular weight excluding hydrogens is 330 g/mol. The van der Waals surface area contributed by atoms with E-state index in [1.807, 2.05) is 13.8 Å². The van der Waals surface area contributed by atoms with Crippen molar-refractivity contribution >= 4 is 21.8 Å². The molecule has 0 amide bonds. The number of ether oxygens (including phenoxy) is 1. The summed E-state index contributed by atoms with van der Waals surface area (Å²) in [7, 11) is -1.53. The molecule has 2 N–H and O–H groups in total. The maximum Gasteiger partial charge on any atom is 0.305 e. The van der Waals surface area contributed by atoms with Gasteiger partial charge in [-0.05, 0) is 33.1 Å². The van der Waals surface area contributed by atoms with Crippen molar-refractivity contribution in [2.24, 2.45) is 4.99 Å². The third-order valence-corrected chi connectivity index (χ3v) is 4.41. The zero-order valence-electron chi connectivity index (χ0n) is 15.4. The van der Waals surface area contributed by atoms with Crippen LogP contribution in [-0.4, -0.2) is 58.6 Å². The maximum absolute atomic E-state index is 11.2. The predicted octanol–water partition coefficient (Wildman–Crippen LogP) is 1.49. The molecule has 0 saturated heterocycles. The van der Waals surface area contributed by atoms with Crippen LogP contribution in [0.25, 0.3) is 0 Å². The van der Waals surface area contributed by atoms with Crippen molar-refractivity contribution in [3.8, 4) is 0 Å². The number of hydrogen-bond donors (Lipinski definition) is 2. The summed E-state index contributed by atoms with van der Waals surface area (Å²) in [5.74, 6) is 0.726. The van der Waals surface area contributed by atoms with E-state index in [-0.39, 0.29) is 17.8 Å². The lowest BCUT2D eigenvalue weighted by atomic mass is 10.1. The second-order valence-corrected chi connectivity index (χ2v) is 8.22. The van der Waals surface area contributed by atoms with Gasteiger partial charge in [-0.1, -0.05) is 12.8 Å². The van der Waals surface area contributed by atoms with Gasteiger partial charge in [-0.2, -0.15) is 0 Å². The number of rotatable bonds is 12. The molecule has 1 atom stereocenters. The number of aliphatic imine (C=N–C) groups is 1. The SMILES string of the molecule is CCNC(=NCCCCCCC(=O)OC)NC(C)CCS(C)(=O)=O. The Morgan fingerprint density at radius 2 is 1.88 bits per heavy atom. The van der Waals surface area contributed by atoms with Crippen LogP contribution in [0.4, 0.5) is 0 Å². The molecule has 142 valence electrons. The minimum absolute atomic E-state index is 0.0394. The average molecular weight is 364 g/mol. The highest BCUT2D eigenvalue weighted by Gasteiger charge is 2.09. The van der Waals surface area contributed by atoms with Gasteiger partial charge < -0.3 is 15.4 Å². The zero-order valence-corrected chi connectivity index (χ0v) is 16.2. The zero-order chi connectivity index (χ0) is 18.4. The van der Waals surface area contributed by atoms with Crippen molar-refractivity contribution in [2.75, 3.05) is 32.2 Å². The van der Waals surface area contributed by atoms with E-state index in [2.05, 4.69) is 20.4 Å². The van der Waals surface area contributed by atoms with Gasteiger partial charge >= 0.3 is 5.97 Å². The molecule has 0 bridgehead atoms. The lowest BCUT2D eigenvalue weighted by molar-refractivity contribution is -0.140. The van der Waals surface area contributed by atoms with Crippen LogP contribution in [0.1, 0.15) is 52.4 Å². The topological polar surface area (TPSA) is 96.9 Å². The molecule has 0 aromatic rings. The number of hydrogen-bond acceptors (Lipinski definition) is 5. The van der Waals surface area contributed by atoms with Crippen LogP contribution >= 0.6 is 0 Å². The first kappa shape index (κ1) is 22.7. The van der Waals surface area contributed by atoms with E-state index in [1.54, 1.807) is 0 Å². The highest BCUT2D eigenvalue weighted by atomic mass is 32.2. The third kappa shape index (κ3) is 14.3. The first-order valence-electron chi connectivity index (χ1n) is 8.58. The number of nitrogens with zero attached hydrogens (tertiary/aromatic N) is 1. The van der Waals surface area contributed by atoms with Gasteiger partial charge in [0.25, 0.3) is 0 Å². The molecule has 0 aliphatic rings. The number of unbranched alkanes of at least 4 members (excludes halogenated alkanes) is 3. The Morgan fingerprint density at radius 1 is 1.21 bits per heavy atom. The minimum atomic E-state index is -2.94. The molecule has 0 spiro atoms. The van der Waals surface area contributed by atoms with E-state index in [0.29, 0.717) is 25.3 Å². The average Bonchev–Trinajstić information content (AvgIpc) is 2.51. The number of nitrogens with one attached hydrogen (secondary N) is 2. The standard InChI is InChI=1S/C16H33N3O4S/c1-5-17-16(19-14(2)11-13-24(4,21)22)18-12-9-7-6-8-10-15(20)23-3/h14H,5-13H2,1-4H3,(H2,17,18,19). The van der Waals surface area contributed by atoms with E-state index >= 15 is 0 Å². The Balaban J connectivity index is 4.03. The van der Waals surface area contributed by atoms with Crippen molar-refractivity contribution in [1.82, 2.24) is 10.6 Å². The smallest absolute Gasteiger partial charge is 0.305 e. The largest absolute Gasteiger partial charge is 0.469 e. The molecule has 7 nitrogen and oxygen atoms in total. The van der Waals surface area contributed by atoms with Gasteiger partial charge in [-0.15, -0.1) is 0 Å². The number of guanidine groups is 1. The molecule has 0 heterocycles. The fraction of sp³-hybridized carbons (Fsp3) is 0.875. The molecule has 0 rings (SSSR count). The summed E-state index contributed by atoms with van der Waals surface area (Å²) in [5.41, 5.74) is 0. The van der Waals surface area contributed by atoms with Gasteiger partial charge in [-0.25, -0.2) is 8.42 Å². The normalized spacial score (nSPS) is 13.4. The van der Waals surface area contributed by atoms with E-state index in [0.717, 1.165) is 32.2 Å². The lowest BCUT2D eigenvalue weighted by Crippen LogP contribution is -2.42. The number of carbonyl (C=O) groups excluding carboxylic acids is 1. The quantitative estimate of drug-likeness (QED) is 0.236. The van der Waals surface area contributed by atoms with Crippen LogP contribution in [0.15, 0.2) is 4.99 Å². The van der Waals surface area contributed by atoms with Crippen molar-refractivity contribution in [3.05, 3.63) is 0 Å². The third-order valence-electron chi connectivity index (χ3n) is 3.44. The highest BCUT2D eigenvalue weighted by molar-refractivity contribution is 7.90. The number of carbonyl (C=O) groups is 1. The van der Waals surface area contributed by atoms with Crippen LogP contribution in [-0.2, 0) is 19.4 Å². The fourth-order valence-electron chi connectivity index (χ4n) is 2.04. The maximum atomic E-state index is 11.2. The molecule has 24 heavy (non-hydrogen) atoms. The second-order valence-electron chi connectivity index (χ2n) is 5.96. The molecule has 0 aromatic heterocycles. The molecule has 0 fully saturated rings. The Labute approximate surface area is 146 Å². The van der Waals surface area contributed by atoms with Crippen LogP contribution in [0.5, 0.6) is 0 Å². The van der Waals surface area contributed by atoms with Crippen LogP contribution in [0.2, 0.25) is 0 Å². The first-order chi connectivity index (χ1) is 11.3. The summed E-state index contributed by atoms with van der Waals surface area (Å²) in [6.45, 7) is 5.39. The molecule has 0 aromatic carbocycles.